The quantitative estimate of drug-likeness (QED) is 0.827. The van der Waals surface area contributed by atoms with Crippen LogP contribution in [0.5, 0.6) is 0 Å². The van der Waals surface area contributed by atoms with Gasteiger partial charge in [0.25, 0.3) is 0 Å². The summed E-state index contributed by atoms with van der Waals surface area (Å²) in [5.74, 6) is 0.811. The zero-order valence-electron chi connectivity index (χ0n) is 11.4. The molecule has 1 aliphatic rings. The highest BCUT2D eigenvalue weighted by molar-refractivity contribution is 7.99. The fraction of sp³-hybridized carbons (Fsp3) is 0.533. The first-order valence-electron chi connectivity index (χ1n) is 6.72. The topological polar surface area (TPSA) is 29.5 Å². The lowest BCUT2D eigenvalue weighted by atomic mass is 10.1. The summed E-state index contributed by atoms with van der Waals surface area (Å²) in [4.78, 5) is 13.8. The smallest absolute Gasteiger partial charge is 0.232 e. The Morgan fingerprint density at radius 3 is 2.95 bits per heavy atom. The average molecular weight is 279 g/mol. The van der Waals surface area contributed by atoms with Crippen molar-refractivity contribution in [1.29, 1.82) is 0 Å². The molecule has 0 aliphatic carbocycles. The van der Waals surface area contributed by atoms with Crippen molar-refractivity contribution in [3.8, 4) is 0 Å². The maximum absolute atomic E-state index is 11.9. The first kappa shape index (κ1) is 14.4. The second kappa shape index (κ2) is 7.56. The number of carbonyl (C=O) groups is 1. The molecule has 0 bridgehead atoms. The lowest BCUT2D eigenvalue weighted by Gasteiger charge is -2.33. The largest absolute Gasteiger partial charge is 0.375 e. The predicted octanol–water partition coefficient (Wildman–Crippen LogP) is 2.21. The molecule has 1 fully saturated rings. The molecular weight excluding hydrogens is 258 g/mol. The van der Waals surface area contributed by atoms with E-state index in [0.717, 1.165) is 25.9 Å². The van der Waals surface area contributed by atoms with Crippen molar-refractivity contribution in [3.05, 3.63) is 35.9 Å². The fourth-order valence-corrected chi connectivity index (χ4v) is 2.74. The van der Waals surface area contributed by atoms with E-state index >= 15 is 0 Å². The second-order valence-corrected chi connectivity index (χ2v) is 5.66. The Morgan fingerprint density at radius 2 is 2.21 bits per heavy atom. The standard InChI is InChI=1S/C15H21NO2S/c1-19-12-15(17)16-9-10-18-14(11-16)8-7-13-5-3-2-4-6-13/h2-6,14H,7-12H2,1H3/t14-/m1/s1. The molecule has 0 N–H and O–H groups in total. The zero-order chi connectivity index (χ0) is 13.5. The fourth-order valence-electron chi connectivity index (χ4n) is 2.31. The molecule has 0 aromatic heterocycles. The van der Waals surface area contributed by atoms with E-state index < -0.39 is 0 Å². The van der Waals surface area contributed by atoms with Gasteiger partial charge >= 0.3 is 0 Å². The minimum atomic E-state index is 0.180. The number of nitrogens with zero attached hydrogens (tertiary/aromatic N) is 1. The molecule has 1 saturated heterocycles. The Hall–Kier alpha value is -1.00. The molecule has 1 aromatic rings. The van der Waals surface area contributed by atoms with Crippen molar-refractivity contribution in [2.45, 2.75) is 18.9 Å². The molecule has 1 aromatic carbocycles. The number of morpholine rings is 1. The molecule has 0 radical (unpaired) electrons. The van der Waals surface area contributed by atoms with Crippen LogP contribution in [0.1, 0.15) is 12.0 Å². The van der Waals surface area contributed by atoms with E-state index in [0.29, 0.717) is 12.4 Å². The van der Waals surface area contributed by atoms with Crippen molar-refractivity contribution >= 4 is 17.7 Å². The Morgan fingerprint density at radius 1 is 1.42 bits per heavy atom. The van der Waals surface area contributed by atoms with Crippen LogP contribution in [0.4, 0.5) is 0 Å². The van der Waals surface area contributed by atoms with Crippen LogP contribution in [0.2, 0.25) is 0 Å². The van der Waals surface area contributed by atoms with Gasteiger partial charge in [-0.25, -0.2) is 0 Å². The molecule has 0 saturated carbocycles. The number of aryl methyl sites for hydroxylation is 1. The van der Waals surface area contributed by atoms with Gasteiger partial charge < -0.3 is 9.64 Å². The van der Waals surface area contributed by atoms with E-state index in [2.05, 4.69) is 24.3 Å². The Kier molecular flexibility index (Phi) is 5.73. The van der Waals surface area contributed by atoms with Crippen molar-refractivity contribution in [1.82, 2.24) is 4.90 Å². The summed E-state index contributed by atoms with van der Waals surface area (Å²) in [5.41, 5.74) is 1.33. The highest BCUT2D eigenvalue weighted by Gasteiger charge is 2.23. The van der Waals surface area contributed by atoms with E-state index in [-0.39, 0.29) is 12.0 Å². The van der Waals surface area contributed by atoms with E-state index in [1.165, 1.54) is 5.56 Å². The molecule has 1 heterocycles. The Balaban J connectivity index is 1.79. The molecular formula is C15H21NO2S. The summed E-state index contributed by atoms with van der Waals surface area (Å²) in [6.07, 6.45) is 4.13. The zero-order valence-corrected chi connectivity index (χ0v) is 12.2. The van der Waals surface area contributed by atoms with Crippen LogP contribution in [0.25, 0.3) is 0 Å². The summed E-state index contributed by atoms with van der Waals surface area (Å²) >= 11 is 1.58. The summed E-state index contributed by atoms with van der Waals surface area (Å²) in [5, 5.41) is 0. The highest BCUT2D eigenvalue weighted by atomic mass is 32.2. The van der Waals surface area contributed by atoms with Gasteiger partial charge in [-0.1, -0.05) is 30.3 Å². The molecule has 3 nitrogen and oxygen atoms in total. The third-order valence-corrected chi connectivity index (χ3v) is 3.89. The molecule has 1 amide bonds. The highest BCUT2D eigenvalue weighted by Crippen LogP contribution is 2.13. The van der Waals surface area contributed by atoms with Crippen LogP contribution >= 0.6 is 11.8 Å². The van der Waals surface area contributed by atoms with E-state index in [4.69, 9.17) is 4.74 Å². The predicted molar refractivity (Wildman–Crippen MR) is 79.5 cm³/mol. The van der Waals surface area contributed by atoms with Crippen LogP contribution in [0, 0.1) is 0 Å². The molecule has 19 heavy (non-hydrogen) atoms. The normalized spacial score (nSPS) is 19.4. The second-order valence-electron chi connectivity index (χ2n) is 4.79. The third-order valence-electron chi connectivity index (χ3n) is 3.36. The Labute approximate surface area is 119 Å². The number of rotatable bonds is 5. The molecule has 0 unspecified atom stereocenters. The lowest BCUT2D eigenvalue weighted by molar-refractivity contribution is -0.136. The van der Waals surface area contributed by atoms with Gasteiger partial charge in [0, 0.05) is 13.1 Å². The van der Waals surface area contributed by atoms with Crippen molar-refractivity contribution in [2.24, 2.45) is 0 Å². The summed E-state index contributed by atoms with van der Waals surface area (Å²) in [6.45, 7) is 2.15. The maximum atomic E-state index is 11.9. The monoisotopic (exact) mass is 279 g/mol. The van der Waals surface area contributed by atoms with Gasteiger partial charge in [-0.15, -0.1) is 0 Å². The number of carbonyl (C=O) groups excluding carboxylic acids is 1. The minimum Gasteiger partial charge on any atom is -0.375 e. The molecule has 4 heteroatoms. The average Bonchev–Trinajstić information content (AvgIpc) is 2.47. The number of benzene rings is 1. The van der Waals surface area contributed by atoms with Crippen LogP contribution in [-0.2, 0) is 16.0 Å². The number of hydrogen-bond donors (Lipinski definition) is 0. The maximum Gasteiger partial charge on any atom is 0.232 e. The molecule has 1 aliphatic heterocycles. The van der Waals surface area contributed by atoms with Crippen LogP contribution in [0.3, 0.4) is 0 Å². The molecule has 1 atom stereocenters. The number of thioether (sulfide) groups is 1. The van der Waals surface area contributed by atoms with Gasteiger partial charge in [0.1, 0.15) is 0 Å². The minimum absolute atomic E-state index is 0.180. The summed E-state index contributed by atoms with van der Waals surface area (Å²) in [6, 6.07) is 10.4. The number of ether oxygens (including phenoxy) is 1. The van der Waals surface area contributed by atoms with Crippen LogP contribution < -0.4 is 0 Å². The van der Waals surface area contributed by atoms with Crippen molar-refractivity contribution in [3.63, 3.8) is 0 Å². The molecule has 0 spiro atoms. The molecule has 2 rings (SSSR count). The first-order valence-corrected chi connectivity index (χ1v) is 8.11. The summed E-state index contributed by atoms with van der Waals surface area (Å²) < 4.78 is 5.76. The van der Waals surface area contributed by atoms with E-state index in [9.17, 15) is 4.79 Å². The lowest BCUT2D eigenvalue weighted by Crippen LogP contribution is -2.46. The van der Waals surface area contributed by atoms with Gasteiger partial charge in [0.05, 0.1) is 18.5 Å². The Bertz CT molecular complexity index is 396. The summed E-state index contributed by atoms with van der Waals surface area (Å²) in [7, 11) is 0. The van der Waals surface area contributed by atoms with Crippen LogP contribution in [0.15, 0.2) is 30.3 Å². The third kappa shape index (κ3) is 4.55. The van der Waals surface area contributed by atoms with Gasteiger partial charge in [-0.05, 0) is 24.7 Å². The van der Waals surface area contributed by atoms with Gasteiger partial charge in [0.2, 0.25) is 5.91 Å². The number of hydrogen-bond acceptors (Lipinski definition) is 3. The van der Waals surface area contributed by atoms with Crippen molar-refractivity contribution < 1.29 is 9.53 Å². The molecule has 104 valence electrons. The van der Waals surface area contributed by atoms with Crippen LogP contribution in [-0.4, -0.2) is 48.6 Å². The van der Waals surface area contributed by atoms with E-state index in [1.54, 1.807) is 11.8 Å². The van der Waals surface area contributed by atoms with Gasteiger partial charge in [-0.3, -0.25) is 4.79 Å². The van der Waals surface area contributed by atoms with Crippen molar-refractivity contribution in [2.75, 3.05) is 31.7 Å². The number of amides is 1. The van der Waals surface area contributed by atoms with Gasteiger partial charge in [0.15, 0.2) is 0 Å². The van der Waals surface area contributed by atoms with E-state index in [1.807, 2.05) is 17.2 Å². The SMILES string of the molecule is CSCC(=O)N1CCO[C@H](CCc2ccccc2)C1. The van der Waals surface area contributed by atoms with Gasteiger partial charge in [-0.2, -0.15) is 11.8 Å². The first-order chi connectivity index (χ1) is 9.29.